The molecule has 0 aliphatic heterocycles. The van der Waals surface area contributed by atoms with E-state index >= 15 is 0 Å². The third-order valence-electron chi connectivity index (χ3n) is 2.73. The zero-order valence-electron chi connectivity index (χ0n) is 9.40. The van der Waals surface area contributed by atoms with E-state index in [1.165, 1.54) is 26.4 Å². The van der Waals surface area contributed by atoms with Gasteiger partial charge in [-0.1, -0.05) is 12.8 Å². The van der Waals surface area contributed by atoms with Gasteiger partial charge in [-0.15, -0.1) is 0 Å². The van der Waals surface area contributed by atoms with Gasteiger partial charge in [0.25, 0.3) is 0 Å². The van der Waals surface area contributed by atoms with Crippen LogP contribution in [0.15, 0.2) is 18.3 Å². The molecule has 4 heteroatoms. The van der Waals surface area contributed by atoms with Crippen molar-refractivity contribution in [1.82, 2.24) is 4.98 Å². The van der Waals surface area contributed by atoms with Crippen LogP contribution in [0.1, 0.15) is 29.8 Å². The van der Waals surface area contributed by atoms with Crippen molar-refractivity contribution in [2.75, 3.05) is 19.0 Å². The standard InChI is InChI=1S/C12H16N2O2/c1-16-12(15)11-8-10(5-7-14-11)13-6-4-9-2-3-9/h5,7-9H,2-4,6H2,1H3,(H,13,14). The number of hydrogen-bond acceptors (Lipinski definition) is 4. The summed E-state index contributed by atoms with van der Waals surface area (Å²) in [7, 11) is 1.36. The molecular weight excluding hydrogens is 204 g/mol. The number of hydrogen-bond donors (Lipinski definition) is 1. The topological polar surface area (TPSA) is 51.2 Å². The molecular formula is C12H16N2O2. The molecule has 1 aromatic rings. The van der Waals surface area contributed by atoms with Gasteiger partial charge >= 0.3 is 5.97 Å². The van der Waals surface area contributed by atoms with Crippen LogP contribution < -0.4 is 5.32 Å². The van der Waals surface area contributed by atoms with Crippen LogP contribution >= 0.6 is 0 Å². The molecule has 0 atom stereocenters. The Balaban J connectivity index is 1.89. The molecule has 0 bridgehead atoms. The first-order chi connectivity index (χ1) is 7.79. The van der Waals surface area contributed by atoms with Gasteiger partial charge in [0.05, 0.1) is 7.11 Å². The Morgan fingerprint density at radius 1 is 1.62 bits per heavy atom. The van der Waals surface area contributed by atoms with Crippen molar-refractivity contribution in [3.63, 3.8) is 0 Å². The van der Waals surface area contributed by atoms with Gasteiger partial charge in [-0.3, -0.25) is 0 Å². The normalized spacial score (nSPS) is 14.6. The third-order valence-corrected chi connectivity index (χ3v) is 2.73. The Bertz CT molecular complexity index is 375. The van der Waals surface area contributed by atoms with Gasteiger partial charge < -0.3 is 10.1 Å². The summed E-state index contributed by atoms with van der Waals surface area (Å²) in [6.45, 7) is 0.954. The Labute approximate surface area is 95.0 Å². The first kappa shape index (κ1) is 10.9. The molecule has 1 heterocycles. The second-order valence-electron chi connectivity index (χ2n) is 4.08. The summed E-state index contributed by atoms with van der Waals surface area (Å²) < 4.78 is 4.61. The molecule has 2 rings (SSSR count). The Morgan fingerprint density at radius 2 is 2.44 bits per heavy atom. The zero-order chi connectivity index (χ0) is 11.4. The predicted molar refractivity (Wildman–Crippen MR) is 61.4 cm³/mol. The summed E-state index contributed by atoms with van der Waals surface area (Å²) >= 11 is 0. The molecule has 0 spiro atoms. The maximum atomic E-state index is 11.2. The summed E-state index contributed by atoms with van der Waals surface area (Å²) in [4.78, 5) is 15.2. The van der Waals surface area contributed by atoms with Crippen LogP contribution in [-0.4, -0.2) is 24.6 Å². The van der Waals surface area contributed by atoms with Crippen molar-refractivity contribution < 1.29 is 9.53 Å². The average molecular weight is 220 g/mol. The smallest absolute Gasteiger partial charge is 0.356 e. The van der Waals surface area contributed by atoms with Crippen molar-refractivity contribution in [3.8, 4) is 0 Å². The number of pyridine rings is 1. The summed E-state index contributed by atoms with van der Waals surface area (Å²) in [5, 5.41) is 3.29. The Hall–Kier alpha value is -1.58. The fraction of sp³-hybridized carbons (Fsp3) is 0.500. The number of nitrogens with one attached hydrogen (secondary N) is 1. The number of nitrogens with zero attached hydrogens (tertiary/aromatic N) is 1. The van der Waals surface area contributed by atoms with Crippen LogP contribution in [0.4, 0.5) is 5.69 Å². The van der Waals surface area contributed by atoms with Gasteiger partial charge in [0, 0.05) is 18.4 Å². The van der Waals surface area contributed by atoms with Gasteiger partial charge in [-0.25, -0.2) is 9.78 Å². The molecule has 1 aliphatic rings. The van der Waals surface area contributed by atoms with Crippen LogP contribution in [0.3, 0.4) is 0 Å². The highest BCUT2D eigenvalue weighted by Gasteiger charge is 2.20. The second-order valence-corrected chi connectivity index (χ2v) is 4.08. The number of carbonyl (C=O) groups is 1. The van der Waals surface area contributed by atoms with E-state index in [4.69, 9.17) is 0 Å². The Kier molecular flexibility index (Phi) is 3.39. The van der Waals surface area contributed by atoms with Crippen molar-refractivity contribution in [3.05, 3.63) is 24.0 Å². The summed E-state index contributed by atoms with van der Waals surface area (Å²) in [5.41, 5.74) is 1.27. The number of rotatable bonds is 5. The average Bonchev–Trinajstić information content (AvgIpc) is 3.12. The molecule has 0 saturated heterocycles. The predicted octanol–water partition coefficient (Wildman–Crippen LogP) is 2.08. The lowest BCUT2D eigenvalue weighted by Crippen LogP contribution is -2.07. The van der Waals surface area contributed by atoms with Crippen molar-refractivity contribution in [2.24, 2.45) is 5.92 Å². The molecule has 1 aromatic heterocycles. The number of methoxy groups -OCH3 is 1. The minimum absolute atomic E-state index is 0.346. The van der Waals surface area contributed by atoms with Gasteiger partial charge in [-0.05, 0) is 24.5 Å². The van der Waals surface area contributed by atoms with Crippen molar-refractivity contribution in [1.29, 1.82) is 0 Å². The van der Waals surface area contributed by atoms with Gasteiger partial charge in [0.15, 0.2) is 0 Å². The number of carbonyl (C=O) groups excluding carboxylic acids is 1. The van der Waals surface area contributed by atoms with Crippen LogP contribution in [0.5, 0.6) is 0 Å². The van der Waals surface area contributed by atoms with Crippen LogP contribution in [0.2, 0.25) is 0 Å². The Morgan fingerprint density at radius 3 is 3.12 bits per heavy atom. The first-order valence-corrected chi connectivity index (χ1v) is 5.58. The van der Waals surface area contributed by atoms with E-state index in [-0.39, 0.29) is 0 Å². The molecule has 4 nitrogen and oxygen atoms in total. The van der Waals surface area contributed by atoms with E-state index in [9.17, 15) is 4.79 Å². The monoisotopic (exact) mass is 220 g/mol. The zero-order valence-corrected chi connectivity index (χ0v) is 9.40. The molecule has 1 fully saturated rings. The fourth-order valence-corrected chi connectivity index (χ4v) is 1.58. The third kappa shape index (κ3) is 2.95. The van der Waals surface area contributed by atoms with Gasteiger partial charge in [0.1, 0.15) is 5.69 Å². The molecule has 1 saturated carbocycles. The molecule has 1 N–H and O–H groups in total. The van der Waals surface area contributed by atoms with E-state index in [0.29, 0.717) is 5.69 Å². The summed E-state index contributed by atoms with van der Waals surface area (Å²) in [6.07, 6.45) is 5.55. The molecule has 0 amide bonds. The SMILES string of the molecule is COC(=O)c1cc(NCCC2CC2)ccn1. The lowest BCUT2D eigenvalue weighted by Gasteiger charge is -2.06. The minimum Gasteiger partial charge on any atom is -0.464 e. The highest BCUT2D eigenvalue weighted by molar-refractivity contribution is 5.88. The summed E-state index contributed by atoms with van der Waals surface area (Å²) in [6, 6.07) is 3.58. The molecule has 0 unspecified atom stereocenters. The molecule has 1 aliphatic carbocycles. The van der Waals surface area contributed by atoms with Crippen LogP contribution in [0.25, 0.3) is 0 Å². The van der Waals surface area contributed by atoms with Gasteiger partial charge in [0.2, 0.25) is 0 Å². The lowest BCUT2D eigenvalue weighted by atomic mass is 10.2. The molecule has 0 radical (unpaired) electrons. The maximum Gasteiger partial charge on any atom is 0.356 e. The van der Waals surface area contributed by atoms with E-state index in [0.717, 1.165) is 18.2 Å². The minimum atomic E-state index is -0.397. The number of ether oxygens (including phenoxy) is 1. The highest BCUT2D eigenvalue weighted by atomic mass is 16.5. The maximum absolute atomic E-state index is 11.2. The van der Waals surface area contributed by atoms with Crippen LogP contribution in [0, 0.1) is 5.92 Å². The second kappa shape index (κ2) is 4.96. The van der Waals surface area contributed by atoms with E-state index in [2.05, 4.69) is 15.0 Å². The van der Waals surface area contributed by atoms with E-state index in [1.807, 2.05) is 6.07 Å². The van der Waals surface area contributed by atoms with Crippen LogP contribution in [-0.2, 0) is 4.74 Å². The number of aromatic nitrogens is 1. The number of anilines is 1. The fourth-order valence-electron chi connectivity index (χ4n) is 1.58. The van der Waals surface area contributed by atoms with E-state index < -0.39 is 5.97 Å². The highest BCUT2D eigenvalue weighted by Crippen LogP contribution is 2.32. The molecule has 86 valence electrons. The largest absolute Gasteiger partial charge is 0.464 e. The number of esters is 1. The molecule has 0 aromatic carbocycles. The quantitative estimate of drug-likeness (QED) is 0.772. The lowest BCUT2D eigenvalue weighted by molar-refractivity contribution is 0.0594. The van der Waals surface area contributed by atoms with Gasteiger partial charge in [-0.2, -0.15) is 0 Å². The molecule has 16 heavy (non-hydrogen) atoms. The van der Waals surface area contributed by atoms with E-state index in [1.54, 1.807) is 12.3 Å². The van der Waals surface area contributed by atoms with Crippen molar-refractivity contribution >= 4 is 11.7 Å². The first-order valence-electron chi connectivity index (χ1n) is 5.58. The summed E-state index contributed by atoms with van der Waals surface area (Å²) in [5.74, 6) is 0.514. The van der Waals surface area contributed by atoms with Crippen molar-refractivity contribution in [2.45, 2.75) is 19.3 Å².